The van der Waals surface area contributed by atoms with Gasteiger partial charge in [-0.05, 0) is 43.2 Å². The second-order valence-corrected chi connectivity index (χ2v) is 7.98. The molecule has 0 spiro atoms. The zero-order valence-corrected chi connectivity index (χ0v) is 17.9. The van der Waals surface area contributed by atoms with Crippen molar-refractivity contribution in [2.45, 2.75) is 13.8 Å². The highest BCUT2D eigenvalue weighted by molar-refractivity contribution is 6.30. The Morgan fingerprint density at radius 2 is 1.47 bits per heavy atom. The maximum Gasteiger partial charge on any atom is 0.238 e. The zero-order valence-electron chi connectivity index (χ0n) is 17.2. The van der Waals surface area contributed by atoms with Crippen LogP contribution in [0.25, 0.3) is 0 Å². The maximum atomic E-state index is 13.8. The molecule has 0 aliphatic carbocycles. The largest absolute Gasteiger partial charge is 0.324 e. The minimum Gasteiger partial charge on any atom is -0.324 e. The molecule has 0 bridgehead atoms. The van der Waals surface area contributed by atoms with Gasteiger partial charge in [0.15, 0.2) is 0 Å². The van der Waals surface area contributed by atoms with Gasteiger partial charge in [0, 0.05) is 36.9 Å². The SMILES string of the molecule is Cc1cccc(C)c1NC(=O)CN1CCN(CC(=O)Nc2cc(Cl)ccc2F)CC1. The zero-order chi connectivity index (χ0) is 21.7. The fraction of sp³-hybridized carbons (Fsp3) is 0.364. The third kappa shape index (κ3) is 6.01. The topological polar surface area (TPSA) is 64.7 Å². The molecular weight excluding hydrogens is 407 g/mol. The van der Waals surface area contributed by atoms with Crippen LogP contribution in [-0.4, -0.2) is 60.9 Å². The molecule has 2 N–H and O–H groups in total. The van der Waals surface area contributed by atoms with Gasteiger partial charge in [-0.2, -0.15) is 0 Å². The molecule has 30 heavy (non-hydrogen) atoms. The molecule has 2 aromatic rings. The van der Waals surface area contributed by atoms with Crippen molar-refractivity contribution in [3.05, 3.63) is 58.4 Å². The van der Waals surface area contributed by atoms with Gasteiger partial charge in [-0.25, -0.2) is 4.39 Å². The lowest BCUT2D eigenvalue weighted by atomic mass is 10.1. The number of carbonyl (C=O) groups is 2. The lowest BCUT2D eigenvalue weighted by Gasteiger charge is -2.33. The van der Waals surface area contributed by atoms with Crippen LogP contribution in [0.3, 0.4) is 0 Å². The summed E-state index contributed by atoms with van der Waals surface area (Å²) in [7, 11) is 0. The molecule has 0 radical (unpaired) electrons. The van der Waals surface area contributed by atoms with Crippen molar-refractivity contribution in [2.24, 2.45) is 0 Å². The summed E-state index contributed by atoms with van der Waals surface area (Å²) in [5.41, 5.74) is 3.02. The number of para-hydroxylation sites is 1. The molecule has 160 valence electrons. The first-order valence-electron chi connectivity index (χ1n) is 9.87. The fourth-order valence-corrected chi connectivity index (χ4v) is 3.66. The number of benzene rings is 2. The van der Waals surface area contributed by atoms with Crippen LogP contribution in [0.2, 0.25) is 5.02 Å². The van der Waals surface area contributed by atoms with Crippen LogP contribution in [0.4, 0.5) is 15.8 Å². The van der Waals surface area contributed by atoms with Crippen molar-refractivity contribution >= 4 is 34.8 Å². The molecule has 2 aromatic carbocycles. The molecule has 0 unspecified atom stereocenters. The highest BCUT2D eigenvalue weighted by atomic mass is 35.5. The predicted molar refractivity (Wildman–Crippen MR) is 117 cm³/mol. The van der Waals surface area contributed by atoms with Crippen molar-refractivity contribution in [1.29, 1.82) is 0 Å². The van der Waals surface area contributed by atoms with E-state index in [0.717, 1.165) is 16.8 Å². The fourth-order valence-electron chi connectivity index (χ4n) is 3.49. The number of amides is 2. The van der Waals surface area contributed by atoms with Gasteiger partial charge in [-0.1, -0.05) is 29.8 Å². The Kier molecular flexibility index (Phi) is 7.42. The third-order valence-electron chi connectivity index (χ3n) is 5.15. The lowest BCUT2D eigenvalue weighted by Crippen LogP contribution is -2.50. The number of halogens is 2. The molecule has 0 atom stereocenters. The molecule has 1 saturated heterocycles. The number of rotatable bonds is 6. The van der Waals surface area contributed by atoms with Crippen LogP contribution in [0.1, 0.15) is 11.1 Å². The molecule has 8 heteroatoms. The number of nitrogens with zero attached hydrogens (tertiary/aromatic N) is 2. The van der Waals surface area contributed by atoms with E-state index in [9.17, 15) is 14.0 Å². The van der Waals surface area contributed by atoms with Gasteiger partial charge in [0.1, 0.15) is 5.82 Å². The normalized spacial score (nSPS) is 15.1. The number of piperazine rings is 1. The van der Waals surface area contributed by atoms with E-state index in [1.807, 2.05) is 36.9 Å². The summed E-state index contributed by atoms with van der Waals surface area (Å²) in [6, 6.07) is 9.96. The van der Waals surface area contributed by atoms with Gasteiger partial charge in [0.05, 0.1) is 18.8 Å². The van der Waals surface area contributed by atoms with E-state index < -0.39 is 5.82 Å². The maximum absolute atomic E-state index is 13.8. The number of hydrogen-bond acceptors (Lipinski definition) is 4. The van der Waals surface area contributed by atoms with Crippen LogP contribution < -0.4 is 10.6 Å². The second kappa shape index (κ2) is 10.0. The quantitative estimate of drug-likeness (QED) is 0.735. The number of aryl methyl sites for hydroxylation is 2. The van der Waals surface area contributed by atoms with Crippen LogP contribution >= 0.6 is 11.6 Å². The van der Waals surface area contributed by atoms with Gasteiger partial charge in [0.2, 0.25) is 11.8 Å². The van der Waals surface area contributed by atoms with Gasteiger partial charge in [0.25, 0.3) is 0 Å². The summed E-state index contributed by atoms with van der Waals surface area (Å²) in [4.78, 5) is 28.7. The Balaban J connectivity index is 1.44. The first kappa shape index (κ1) is 22.2. The van der Waals surface area contributed by atoms with Gasteiger partial charge in [-0.15, -0.1) is 0 Å². The Hall–Kier alpha value is -2.48. The number of hydrogen-bond donors (Lipinski definition) is 2. The van der Waals surface area contributed by atoms with Crippen molar-refractivity contribution < 1.29 is 14.0 Å². The van der Waals surface area contributed by atoms with Crippen molar-refractivity contribution in [1.82, 2.24) is 9.80 Å². The summed E-state index contributed by atoms with van der Waals surface area (Å²) < 4.78 is 13.8. The van der Waals surface area contributed by atoms with E-state index in [1.165, 1.54) is 18.2 Å². The molecule has 2 amide bonds. The average molecular weight is 433 g/mol. The molecule has 3 rings (SSSR count). The number of nitrogens with one attached hydrogen (secondary N) is 2. The predicted octanol–water partition coefficient (Wildman–Crippen LogP) is 3.29. The monoisotopic (exact) mass is 432 g/mol. The number of carbonyl (C=O) groups excluding carboxylic acids is 2. The standard InChI is InChI=1S/C22H26ClFN4O2/c1-15-4-3-5-16(2)22(15)26-21(30)14-28-10-8-27(9-11-28)13-20(29)25-19-12-17(23)6-7-18(19)24/h3-7,12H,8-11,13-14H2,1-2H3,(H,25,29)(H,26,30). The first-order chi connectivity index (χ1) is 14.3. The van der Waals surface area contributed by atoms with Gasteiger partial charge >= 0.3 is 0 Å². The van der Waals surface area contributed by atoms with Gasteiger partial charge in [-0.3, -0.25) is 19.4 Å². The van der Waals surface area contributed by atoms with Crippen LogP contribution in [0.15, 0.2) is 36.4 Å². The summed E-state index contributed by atoms with van der Waals surface area (Å²) >= 11 is 5.85. The first-order valence-corrected chi connectivity index (χ1v) is 10.3. The molecular formula is C22H26ClFN4O2. The minimum absolute atomic E-state index is 0.0463. The molecule has 1 aliphatic heterocycles. The van der Waals surface area contributed by atoms with E-state index in [0.29, 0.717) is 37.7 Å². The van der Waals surface area contributed by atoms with Gasteiger partial charge < -0.3 is 10.6 Å². The van der Waals surface area contributed by atoms with Crippen LogP contribution in [-0.2, 0) is 9.59 Å². The van der Waals surface area contributed by atoms with E-state index >= 15 is 0 Å². The van der Waals surface area contributed by atoms with Crippen LogP contribution in [0, 0.1) is 19.7 Å². The lowest BCUT2D eigenvalue weighted by molar-refractivity contribution is -0.120. The Morgan fingerprint density at radius 1 is 0.933 bits per heavy atom. The minimum atomic E-state index is -0.521. The summed E-state index contributed by atoms with van der Waals surface area (Å²) in [6.45, 7) is 7.08. The Labute approximate surface area is 181 Å². The Morgan fingerprint density at radius 3 is 2.03 bits per heavy atom. The van der Waals surface area contributed by atoms with E-state index in [2.05, 4.69) is 15.5 Å². The second-order valence-electron chi connectivity index (χ2n) is 7.54. The van der Waals surface area contributed by atoms with Crippen molar-refractivity contribution in [3.8, 4) is 0 Å². The molecule has 6 nitrogen and oxygen atoms in total. The molecule has 0 aromatic heterocycles. The highest BCUT2D eigenvalue weighted by Gasteiger charge is 2.21. The summed E-state index contributed by atoms with van der Waals surface area (Å²) in [5.74, 6) is -0.861. The molecule has 0 saturated carbocycles. The smallest absolute Gasteiger partial charge is 0.238 e. The molecule has 1 heterocycles. The third-order valence-corrected chi connectivity index (χ3v) is 5.38. The van der Waals surface area contributed by atoms with E-state index in [4.69, 9.17) is 11.6 Å². The Bertz CT molecular complexity index is 909. The van der Waals surface area contributed by atoms with Crippen molar-refractivity contribution in [3.63, 3.8) is 0 Å². The average Bonchev–Trinajstić information content (AvgIpc) is 2.69. The van der Waals surface area contributed by atoms with E-state index in [-0.39, 0.29) is 24.0 Å². The summed E-state index contributed by atoms with van der Waals surface area (Å²) in [5, 5.41) is 5.92. The summed E-state index contributed by atoms with van der Waals surface area (Å²) in [6.07, 6.45) is 0. The highest BCUT2D eigenvalue weighted by Crippen LogP contribution is 2.20. The molecule has 1 fully saturated rings. The van der Waals surface area contributed by atoms with Crippen LogP contribution in [0.5, 0.6) is 0 Å². The van der Waals surface area contributed by atoms with Crippen molar-refractivity contribution in [2.75, 3.05) is 49.9 Å². The molecule has 1 aliphatic rings. The van der Waals surface area contributed by atoms with E-state index in [1.54, 1.807) is 0 Å². The number of anilines is 2.